The lowest BCUT2D eigenvalue weighted by Crippen LogP contribution is -2.26. The maximum Gasteiger partial charge on any atom is 0.123 e. The van der Waals surface area contributed by atoms with Crippen LogP contribution in [0, 0.1) is 0 Å². The summed E-state index contributed by atoms with van der Waals surface area (Å²) in [5.41, 5.74) is 1.27. The van der Waals surface area contributed by atoms with Crippen molar-refractivity contribution in [3.8, 4) is 5.75 Å². The molecule has 1 aromatic rings. The number of likely N-dealkylation sites (tertiary alicyclic amines) is 1. The molecule has 1 atom stereocenters. The first-order valence-electron chi connectivity index (χ1n) is 5.77. The molecule has 0 amide bonds. The van der Waals surface area contributed by atoms with Gasteiger partial charge >= 0.3 is 0 Å². The smallest absolute Gasteiger partial charge is 0.123 e. The Hall–Kier alpha value is -0.540. The van der Waals surface area contributed by atoms with Gasteiger partial charge in [-0.25, -0.2) is 0 Å². The highest BCUT2D eigenvalue weighted by Crippen LogP contribution is 2.27. The lowest BCUT2D eigenvalue weighted by Gasteiger charge is -2.22. The van der Waals surface area contributed by atoms with Gasteiger partial charge in [-0.3, -0.25) is 4.90 Å². The number of ether oxygens (including phenoxy) is 1. The van der Waals surface area contributed by atoms with E-state index in [0.717, 1.165) is 16.8 Å². The van der Waals surface area contributed by atoms with Gasteiger partial charge in [0.2, 0.25) is 0 Å². The van der Waals surface area contributed by atoms with E-state index in [-0.39, 0.29) is 0 Å². The molecule has 1 aliphatic heterocycles. The van der Waals surface area contributed by atoms with Crippen molar-refractivity contribution in [2.24, 2.45) is 0 Å². The molecule has 0 saturated carbocycles. The molecule has 0 N–H and O–H groups in total. The summed E-state index contributed by atoms with van der Waals surface area (Å²) in [5, 5.41) is 0. The largest absolute Gasteiger partial charge is 0.496 e. The van der Waals surface area contributed by atoms with E-state index in [4.69, 9.17) is 4.74 Å². The first kappa shape index (κ1) is 11.9. The average molecular weight is 284 g/mol. The molecule has 1 aliphatic rings. The van der Waals surface area contributed by atoms with Crippen LogP contribution in [0.1, 0.15) is 25.3 Å². The molecule has 0 radical (unpaired) electrons. The van der Waals surface area contributed by atoms with Crippen molar-refractivity contribution in [2.45, 2.75) is 32.4 Å². The topological polar surface area (TPSA) is 12.5 Å². The van der Waals surface area contributed by atoms with Gasteiger partial charge in [0.25, 0.3) is 0 Å². The molecule has 1 unspecified atom stereocenters. The molecule has 0 aliphatic carbocycles. The van der Waals surface area contributed by atoms with Crippen molar-refractivity contribution >= 4 is 15.9 Å². The van der Waals surface area contributed by atoms with Crippen LogP contribution in [0.4, 0.5) is 0 Å². The average Bonchev–Trinajstić information content (AvgIpc) is 2.65. The van der Waals surface area contributed by atoms with Crippen LogP contribution < -0.4 is 4.74 Å². The van der Waals surface area contributed by atoms with Gasteiger partial charge in [0.15, 0.2) is 0 Å². The van der Waals surface area contributed by atoms with E-state index >= 15 is 0 Å². The first-order chi connectivity index (χ1) is 7.70. The predicted molar refractivity (Wildman–Crippen MR) is 69.8 cm³/mol. The Morgan fingerprint density at radius 1 is 1.50 bits per heavy atom. The van der Waals surface area contributed by atoms with Gasteiger partial charge in [-0.15, -0.1) is 0 Å². The number of nitrogens with zero attached hydrogens (tertiary/aromatic N) is 1. The zero-order chi connectivity index (χ0) is 11.5. The SMILES string of the molecule is COc1ccc(Br)cc1CN1CCCC1C. The zero-order valence-corrected chi connectivity index (χ0v) is 11.5. The van der Waals surface area contributed by atoms with Crippen molar-refractivity contribution < 1.29 is 4.74 Å². The summed E-state index contributed by atoms with van der Waals surface area (Å²) in [5.74, 6) is 0.988. The van der Waals surface area contributed by atoms with E-state index in [2.05, 4.69) is 33.8 Å². The molecule has 1 saturated heterocycles. The molecule has 0 aromatic heterocycles. The molecule has 1 fully saturated rings. The third kappa shape index (κ3) is 2.58. The maximum absolute atomic E-state index is 5.40. The molecule has 0 spiro atoms. The maximum atomic E-state index is 5.40. The van der Waals surface area contributed by atoms with E-state index in [1.807, 2.05) is 12.1 Å². The lowest BCUT2D eigenvalue weighted by atomic mass is 10.1. The van der Waals surface area contributed by atoms with Crippen molar-refractivity contribution in [2.75, 3.05) is 13.7 Å². The summed E-state index contributed by atoms with van der Waals surface area (Å²) in [4.78, 5) is 2.52. The van der Waals surface area contributed by atoms with Gasteiger partial charge in [-0.1, -0.05) is 15.9 Å². The third-order valence-electron chi connectivity index (χ3n) is 3.31. The second kappa shape index (κ2) is 5.19. The van der Waals surface area contributed by atoms with Crippen molar-refractivity contribution in [3.05, 3.63) is 28.2 Å². The number of methoxy groups -OCH3 is 1. The molecule has 0 bridgehead atoms. The fraction of sp³-hybridized carbons (Fsp3) is 0.538. The molecule has 3 heteroatoms. The van der Waals surface area contributed by atoms with E-state index in [1.54, 1.807) is 7.11 Å². The monoisotopic (exact) mass is 283 g/mol. The minimum absolute atomic E-state index is 0.698. The van der Waals surface area contributed by atoms with Gasteiger partial charge < -0.3 is 4.74 Å². The van der Waals surface area contributed by atoms with Crippen molar-refractivity contribution in [3.63, 3.8) is 0 Å². The predicted octanol–water partition coefficient (Wildman–Crippen LogP) is 3.44. The number of hydrogen-bond donors (Lipinski definition) is 0. The van der Waals surface area contributed by atoms with Gasteiger partial charge in [0.1, 0.15) is 5.75 Å². The molecule has 1 aromatic carbocycles. The van der Waals surface area contributed by atoms with Crippen molar-refractivity contribution in [1.29, 1.82) is 0 Å². The Balaban J connectivity index is 2.16. The van der Waals surface area contributed by atoms with E-state index in [9.17, 15) is 0 Å². The fourth-order valence-corrected chi connectivity index (χ4v) is 2.73. The van der Waals surface area contributed by atoms with E-state index in [1.165, 1.54) is 24.9 Å². The molecule has 2 rings (SSSR count). The highest BCUT2D eigenvalue weighted by Gasteiger charge is 2.21. The Labute approximate surface area is 106 Å². The van der Waals surface area contributed by atoms with Gasteiger partial charge in [-0.05, 0) is 44.5 Å². The summed E-state index contributed by atoms with van der Waals surface area (Å²) in [6.07, 6.45) is 2.63. The molecular formula is C13H18BrNO. The Kier molecular flexibility index (Phi) is 3.87. The summed E-state index contributed by atoms with van der Waals surface area (Å²) >= 11 is 3.52. The molecular weight excluding hydrogens is 266 g/mol. The minimum atomic E-state index is 0.698. The lowest BCUT2D eigenvalue weighted by molar-refractivity contribution is 0.256. The van der Waals surface area contributed by atoms with Crippen LogP contribution in [0.5, 0.6) is 5.75 Å². The number of halogens is 1. The van der Waals surface area contributed by atoms with Crippen LogP contribution in [0.15, 0.2) is 22.7 Å². The van der Waals surface area contributed by atoms with Crippen LogP contribution in [0.25, 0.3) is 0 Å². The Bertz CT molecular complexity index is 367. The zero-order valence-electron chi connectivity index (χ0n) is 9.87. The summed E-state index contributed by atoms with van der Waals surface area (Å²) in [6.45, 7) is 4.50. The highest BCUT2D eigenvalue weighted by atomic mass is 79.9. The van der Waals surface area contributed by atoms with Gasteiger partial charge in [0.05, 0.1) is 7.11 Å². The molecule has 88 valence electrons. The molecule has 1 heterocycles. The minimum Gasteiger partial charge on any atom is -0.496 e. The van der Waals surface area contributed by atoms with Gasteiger partial charge in [0, 0.05) is 22.6 Å². The van der Waals surface area contributed by atoms with Crippen LogP contribution >= 0.6 is 15.9 Å². The number of rotatable bonds is 3. The Morgan fingerprint density at radius 2 is 2.31 bits per heavy atom. The van der Waals surface area contributed by atoms with Crippen LogP contribution in [0.3, 0.4) is 0 Å². The van der Waals surface area contributed by atoms with Crippen molar-refractivity contribution in [1.82, 2.24) is 4.90 Å². The summed E-state index contributed by atoms with van der Waals surface area (Å²) in [6, 6.07) is 6.91. The van der Waals surface area contributed by atoms with Crippen LogP contribution in [-0.4, -0.2) is 24.6 Å². The summed E-state index contributed by atoms with van der Waals surface area (Å²) in [7, 11) is 1.74. The third-order valence-corrected chi connectivity index (χ3v) is 3.80. The van der Waals surface area contributed by atoms with Gasteiger partial charge in [-0.2, -0.15) is 0 Å². The first-order valence-corrected chi connectivity index (χ1v) is 6.56. The fourth-order valence-electron chi connectivity index (χ4n) is 2.32. The van der Waals surface area contributed by atoms with E-state index < -0.39 is 0 Å². The quantitative estimate of drug-likeness (QED) is 0.843. The van der Waals surface area contributed by atoms with E-state index in [0.29, 0.717) is 6.04 Å². The molecule has 2 nitrogen and oxygen atoms in total. The standard InChI is InChI=1S/C13H18BrNO/c1-10-4-3-7-15(10)9-11-8-12(14)5-6-13(11)16-2/h5-6,8,10H,3-4,7,9H2,1-2H3. The second-order valence-corrected chi connectivity index (χ2v) is 5.33. The second-order valence-electron chi connectivity index (χ2n) is 4.42. The van der Waals surface area contributed by atoms with Crippen LogP contribution in [0.2, 0.25) is 0 Å². The molecule has 16 heavy (non-hydrogen) atoms. The van der Waals surface area contributed by atoms with Crippen LogP contribution in [-0.2, 0) is 6.54 Å². The Morgan fingerprint density at radius 3 is 2.94 bits per heavy atom. The summed E-state index contributed by atoms with van der Waals surface area (Å²) < 4.78 is 6.52. The number of hydrogen-bond acceptors (Lipinski definition) is 2. The highest BCUT2D eigenvalue weighted by molar-refractivity contribution is 9.10. The normalized spacial score (nSPS) is 21.3. The number of benzene rings is 1.